The highest BCUT2D eigenvalue weighted by Crippen LogP contribution is 2.14. The van der Waals surface area contributed by atoms with Gasteiger partial charge in [-0.05, 0) is 25.0 Å². The molecule has 0 atom stereocenters. The van der Waals surface area contributed by atoms with Gasteiger partial charge in [-0.3, -0.25) is 9.59 Å². The summed E-state index contributed by atoms with van der Waals surface area (Å²) in [4.78, 5) is 29.9. The molecule has 0 spiro atoms. The fourth-order valence-electron chi connectivity index (χ4n) is 3.23. The van der Waals surface area contributed by atoms with Crippen molar-refractivity contribution in [2.45, 2.75) is 26.3 Å². The number of fused-ring (bicyclic) bond motifs is 1. The van der Waals surface area contributed by atoms with Gasteiger partial charge in [0.25, 0.3) is 11.5 Å². The van der Waals surface area contributed by atoms with Crippen molar-refractivity contribution in [1.29, 1.82) is 0 Å². The van der Waals surface area contributed by atoms with Gasteiger partial charge in [-0.2, -0.15) is 10.1 Å². The summed E-state index contributed by atoms with van der Waals surface area (Å²) in [6.07, 6.45) is 1.22. The molecule has 8 heteroatoms. The number of nitrogens with one attached hydrogen (secondary N) is 1. The molecule has 152 valence electrons. The first-order valence-electron chi connectivity index (χ1n) is 9.73. The smallest absolute Gasteiger partial charge is 0.274 e. The molecule has 0 fully saturated rings. The molecule has 2 heterocycles. The third kappa shape index (κ3) is 4.27. The van der Waals surface area contributed by atoms with E-state index in [1.54, 1.807) is 31.2 Å². The lowest BCUT2D eigenvalue weighted by Crippen LogP contribution is -2.31. The number of rotatable bonds is 7. The molecule has 30 heavy (non-hydrogen) atoms. The average Bonchev–Trinajstić information content (AvgIpc) is 3.19. The largest absolute Gasteiger partial charge is 0.351 e. The standard InChI is InChI=1S/C22H21N5O3/c1-15-24-19(30-26-15)12-7-13-23-21(28)20-17-10-5-6-11-18(17)22(29)27(25-20)14-16-8-3-2-4-9-16/h2-6,8-11H,7,12-14H2,1H3,(H,23,28). The summed E-state index contributed by atoms with van der Waals surface area (Å²) >= 11 is 0. The van der Waals surface area contributed by atoms with Crippen molar-refractivity contribution in [3.05, 3.63) is 87.9 Å². The molecule has 1 amide bonds. The summed E-state index contributed by atoms with van der Waals surface area (Å²) in [5.74, 6) is 0.807. The molecular formula is C22H21N5O3. The van der Waals surface area contributed by atoms with Gasteiger partial charge in [-0.25, -0.2) is 4.68 Å². The summed E-state index contributed by atoms with van der Waals surface area (Å²) in [5.41, 5.74) is 0.941. The zero-order valence-corrected chi connectivity index (χ0v) is 16.5. The lowest BCUT2D eigenvalue weighted by atomic mass is 10.1. The van der Waals surface area contributed by atoms with E-state index < -0.39 is 0 Å². The van der Waals surface area contributed by atoms with Gasteiger partial charge in [0.15, 0.2) is 11.5 Å². The molecule has 2 aromatic heterocycles. The van der Waals surface area contributed by atoms with E-state index in [4.69, 9.17) is 4.52 Å². The molecule has 0 aliphatic rings. The number of aromatic nitrogens is 4. The second-order valence-corrected chi connectivity index (χ2v) is 6.94. The second kappa shape index (κ2) is 8.69. The third-order valence-electron chi connectivity index (χ3n) is 4.68. The maximum absolute atomic E-state index is 12.9. The lowest BCUT2D eigenvalue weighted by molar-refractivity contribution is 0.0947. The normalized spacial score (nSPS) is 11.0. The van der Waals surface area contributed by atoms with Crippen molar-refractivity contribution in [2.24, 2.45) is 0 Å². The zero-order chi connectivity index (χ0) is 20.9. The fraction of sp³-hybridized carbons (Fsp3) is 0.227. The summed E-state index contributed by atoms with van der Waals surface area (Å²) in [5, 5.41) is 12.0. The van der Waals surface area contributed by atoms with Crippen LogP contribution in [0.15, 0.2) is 63.9 Å². The first kappa shape index (κ1) is 19.5. The number of carbonyl (C=O) groups is 1. The molecule has 0 saturated carbocycles. The number of carbonyl (C=O) groups excluding carboxylic acids is 1. The Morgan fingerprint density at radius 2 is 1.80 bits per heavy atom. The number of hydrogen-bond donors (Lipinski definition) is 1. The van der Waals surface area contributed by atoms with Crippen LogP contribution >= 0.6 is 0 Å². The van der Waals surface area contributed by atoms with Gasteiger partial charge in [0.1, 0.15) is 0 Å². The molecule has 2 aromatic carbocycles. The minimum absolute atomic E-state index is 0.224. The van der Waals surface area contributed by atoms with Gasteiger partial charge < -0.3 is 9.84 Å². The average molecular weight is 403 g/mol. The molecule has 8 nitrogen and oxygen atoms in total. The van der Waals surface area contributed by atoms with E-state index in [0.29, 0.717) is 48.4 Å². The van der Waals surface area contributed by atoms with Crippen LogP contribution in [0.4, 0.5) is 0 Å². The zero-order valence-electron chi connectivity index (χ0n) is 16.5. The Labute approximate surface area is 172 Å². The van der Waals surface area contributed by atoms with Gasteiger partial charge in [0, 0.05) is 18.4 Å². The van der Waals surface area contributed by atoms with Crippen LogP contribution in [0.2, 0.25) is 0 Å². The van der Waals surface area contributed by atoms with E-state index in [-0.39, 0.29) is 17.2 Å². The van der Waals surface area contributed by atoms with Gasteiger partial charge >= 0.3 is 0 Å². The minimum atomic E-state index is -0.324. The van der Waals surface area contributed by atoms with Crippen molar-refractivity contribution >= 4 is 16.7 Å². The quantitative estimate of drug-likeness (QED) is 0.476. The van der Waals surface area contributed by atoms with Crippen LogP contribution < -0.4 is 10.9 Å². The number of benzene rings is 2. The molecule has 0 aliphatic carbocycles. The van der Waals surface area contributed by atoms with Crippen molar-refractivity contribution in [1.82, 2.24) is 25.2 Å². The summed E-state index contributed by atoms with van der Waals surface area (Å²) < 4.78 is 6.42. The van der Waals surface area contributed by atoms with E-state index in [2.05, 4.69) is 20.6 Å². The Morgan fingerprint density at radius 3 is 2.53 bits per heavy atom. The second-order valence-electron chi connectivity index (χ2n) is 6.94. The van der Waals surface area contributed by atoms with Crippen LogP contribution in [0.25, 0.3) is 10.8 Å². The SMILES string of the molecule is Cc1noc(CCCNC(=O)c2nn(Cc3ccccc3)c(=O)c3ccccc23)n1. The van der Waals surface area contributed by atoms with E-state index in [1.165, 1.54) is 4.68 Å². The van der Waals surface area contributed by atoms with Crippen LogP contribution in [0.1, 0.15) is 34.2 Å². The summed E-state index contributed by atoms with van der Waals surface area (Å²) in [6.45, 7) is 2.48. The fourth-order valence-corrected chi connectivity index (χ4v) is 3.23. The van der Waals surface area contributed by atoms with Crippen molar-refractivity contribution in [2.75, 3.05) is 6.54 Å². The third-order valence-corrected chi connectivity index (χ3v) is 4.68. The number of hydrogen-bond acceptors (Lipinski definition) is 6. The Bertz CT molecular complexity index is 1230. The Kier molecular flexibility index (Phi) is 5.65. The highest BCUT2D eigenvalue weighted by atomic mass is 16.5. The number of amides is 1. The highest BCUT2D eigenvalue weighted by molar-refractivity contribution is 6.04. The Hall–Kier alpha value is -3.81. The predicted octanol–water partition coefficient (Wildman–Crippen LogP) is 2.50. The van der Waals surface area contributed by atoms with Crippen molar-refractivity contribution in [3.63, 3.8) is 0 Å². The molecule has 4 aromatic rings. The van der Waals surface area contributed by atoms with Crippen LogP contribution in [0.5, 0.6) is 0 Å². The molecule has 0 unspecified atom stereocenters. The van der Waals surface area contributed by atoms with Gasteiger partial charge in [-0.1, -0.05) is 53.7 Å². The van der Waals surface area contributed by atoms with Gasteiger partial charge in [0.2, 0.25) is 5.89 Å². The van der Waals surface area contributed by atoms with E-state index in [1.807, 2.05) is 30.3 Å². The van der Waals surface area contributed by atoms with Crippen molar-refractivity contribution in [3.8, 4) is 0 Å². The molecule has 0 saturated heterocycles. The molecular weight excluding hydrogens is 382 g/mol. The van der Waals surface area contributed by atoms with Crippen LogP contribution in [-0.2, 0) is 13.0 Å². The lowest BCUT2D eigenvalue weighted by Gasteiger charge is -2.11. The molecule has 0 bridgehead atoms. The first-order chi connectivity index (χ1) is 14.6. The summed E-state index contributed by atoms with van der Waals surface area (Å²) in [7, 11) is 0. The topological polar surface area (TPSA) is 103 Å². The monoisotopic (exact) mass is 403 g/mol. The van der Waals surface area contributed by atoms with Gasteiger partial charge in [-0.15, -0.1) is 0 Å². The minimum Gasteiger partial charge on any atom is -0.351 e. The first-order valence-corrected chi connectivity index (χ1v) is 9.73. The van der Waals surface area contributed by atoms with Gasteiger partial charge in [0.05, 0.1) is 11.9 Å². The highest BCUT2D eigenvalue weighted by Gasteiger charge is 2.16. The Morgan fingerprint density at radius 1 is 1.07 bits per heavy atom. The number of nitrogens with zero attached hydrogens (tertiary/aromatic N) is 4. The van der Waals surface area contributed by atoms with Crippen LogP contribution in [-0.4, -0.2) is 32.4 Å². The maximum atomic E-state index is 12.9. The van der Waals surface area contributed by atoms with Crippen LogP contribution in [0, 0.1) is 6.92 Å². The molecule has 4 rings (SSSR count). The Balaban J connectivity index is 1.55. The molecule has 0 radical (unpaired) electrons. The van der Waals surface area contributed by atoms with E-state index in [9.17, 15) is 9.59 Å². The maximum Gasteiger partial charge on any atom is 0.274 e. The number of aryl methyl sites for hydroxylation is 2. The van der Waals surface area contributed by atoms with Crippen molar-refractivity contribution < 1.29 is 9.32 Å². The van der Waals surface area contributed by atoms with E-state index in [0.717, 1.165) is 5.56 Å². The summed E-state index contributed by atoms with van der Waals surface area (Å²) in [6, 6.07) is 16.6. The van der Waals surface area contributed by atoms with Crippen LogP contribution in [0.3, 0.4) is 0 Å². The predicted molar refractivity (Wildman–Crippen MR) is 111 cm³/mol. The molecule has 1 N–H and O–H groups in total. The molecule has 0 aliphatic heterocycles. The van der Waals surface area contributed by atoms with E-state index >= 15 is 0 Å².